The van der Waals surface area contributed by atoms with Gasteiger partial charge in [-0.2, -0.15) is 0 Å². The predicted molar refractivity (Wildman–Crippen MR) is 40.2 cm³/mol. The van der Waals surface area contributed by atoms with E-state index in [-0.39, 0.29) is 11.9 Å². The first kappa shape index (κ1) is 10.1. The molecule has 0 aliphatic rings. The molecule has 0 aliphatic carbocycles. The zero-order valence-electron chi connectivity index (χ0n) is 5.87. The topological polar surface area (TPSA) is 80.4 Å². The fourth-order valence-electron chi connectivity index (χ4n) is 0.389. The van der Waals surface area contributed by atoms with Crippen LogP contribution in [0, 0.1) is 0 Å². The average molecular weight is 178 g/mol. The smallest absolute Gasteiger partial charge is 0.328 e. The van der Waals surface area contributed by atoms with E-state index < -0.39 is 11.0 Å². The summed E-state index contributed by atoms with van der Waals surface area (Å²) in [6.45, 7) is 1.37. The summed E-state index contributed by atoms with van der Waals surface area (Å²) < 4.78 is 0. The molecule has 0 saturated carbocycles. The second-order valence-electron chi connectivity index (χ2n) is 2.05. The molecule has 0 saturated heterocycles. The van der Waals surface area contributed by atoms with Gasteiger partial charge in [0.15, 0.2) is 11.3 Å². The number of alkyl halides is 1. The van der Waals surface area contributed by atoms with Crippen molar-refractivity contribution in [2.45, 2.75) is 11.9 Å². The summed E-state index contributed by atoms with van der Waals surface area (Å²) in [6.07, 6.45) is 1.07. The summed E-state index contributed by atoms with van der Waals surface area (Å²) in [4.78, 5) is 18.5. The van der Waals surface area contributed by atoms with Crippen LogP contribution in [0.3, 0.4) is 0 Å². The first-order chi connectivity index (χ1) is 4.90. The Hall–Kier alpha value is -0.870. The third-order valence-corrected chi connectivity index (χ3v) is 1.50. The van der Waals surface area contributed by atoms with E-state index in [2.05, 4.69) is 0 Å². The average Bonchev–Trinajstić information content (AvgIpc) is 1.86. The van der Waals surface area contributed by atoms with Gasteiger partial charge in [0, 0.05) is 6.08 Å². The maximum atomic E-state index is 10.2. The van der Waals surface area contributed by atoms with Crippen molar-refractivity contribution in [2.24, 2.45) is 5.73 Å². The van der Waals surface area contributed by atoms with Crippen LogP contribution in [-0.4, -0.2) is 22.4 Å². The Morgan fingerprint density at radius 2 is 2.18 bits per heavy atom. The zero-order chi connectivity index (χ0) is 9.07. The molecule has 0 radical (unpaired) electrons. The minimum absolute atomic E-state index is 0.0988. The molecule has 0 aromatic heterocycles. The first-order valence-electron chi connectivity index (χ1n) is 2.76. The van der Waals surface area contributed by atoms with E-state index in [9.17, 15) is 9.59 Å². The minimum Gasteiger partial charge on any atom is -0.478 e. The summed E-state index contributed by atoms with van der Waals surface area (Å²) in [5, 5.41) is 8.24. The van der Waals surface area contributed by atoms with E-state index in [4.69, 9.17) is 22.4 Å². The quantitative estimate of drug-likeness (QED) is 0.278. The standard InChI is InChI=1S/C6H8ClNO3/c1-4(2-5(10)11)6(7,8)3-9/h2-3H,8H2,1H3,(H,10,11). The van der Waals surface area contributed by atoms with E-state index in [1.807, 2.05) is 0 Å². The van der Waals surface area contributed by atoms with Gasteiger partial charge in [-0.25, -0.2) is 4.79 Å². The molecule has 3 N–H and O–H groups in total. The summed E-state index contributed by atoms with van der Waals surface area (Å²) in [5.41, 5.74) is 5.27. The van der Waals surface area contributed by atoms with Crippen LogP contribution in [0.15, 0.2) is 11.6 Å². The molecule has 1 atom stereocenters. The highest BCUT2D eigenvalue weighted by molar-refractivity contribution is 6.33. The Kier molecular flexibility index (Phi) is 3.22. The van der Waals surface area contributed by atoms with E-state index in [1.54, 1.807) is 0 Å². The first-order valence-corrected chi connectivity index (χ1v) is 3.14. The van der Waals surface area contributed by atoms with Gasteiger partial charge in [-0.3, -0.25) is 4.79 Å². The van der Waals surface area contributed by atoms with Gasteiger partial charge in [-0.1, -0.05) is 11.6 Å². The van der Waals surface area contributed by atoms with Crippen LogP contribution in [0.1, 0.15) is 6.92 Å². The van der Waals surface area contributed by atoms with Crippen molar-refractivity contribution < 1.29 is 14.7 Å². The van der Waals surface area contributed by atoms with Crippen LogP contribution in [0.2, 0.25) is 0 Å². The van der Waals surface area contributed by atoms with E-state index in [0.29, 0.717) is 0 Å². The van der Waals surface area contributed by atoms with Gasteiger partial charge in [-0.05, 0) is 12.5 Å². The molecule has 0 aromatic carbocycles. The summed E-state index contributed by atoms with van der Waals surface area (Å²) >= 11 is 5.39. The number of hydrogen-bond acceptors (Lipinski definition) is 3. The van der Waals surface area contributed by atoms with Crippen LogP contribution >= 0.6 is 11.6 Å². The Morgan fingerprint density at radius 1 is 1.73 bits per heavy atom. The number of rotatable bonds is 3. The summed E-state index contributed by atoms with van der Waals surface area (Å²) in [5.74, 6) is -1.18. The summed E-state index contributed by atoms with van der Waals surface area (Å²) in [7, 11) is 0. The van der Waals surface area contributed by atoms with Crippen LogP contribution in [0.5, 0.6) is 0 Å². The Bertz CT molecular complexity index is 210. The maximum Gasteiger partial charge on any atom is 0.328 e. The van der Waals surface area contributed by atoms with E-state index in [1.165, 1.54) is 6.92 Å². The number of carbonyl (C=O) groups is 2. The third-order valence-electron chi connectivity index (χ3n) is 1.12. The Morgan fingerprint density at radius 3 is 2.45 bits per heavy atom. The highest BCUT2D eigenvalue weighted by atomic mass is 35.5. The van der Waals surface area contributed by atoms with Crippen molar-refractivity contribution in [2.75, 3.05) is 0 Å². The molecule has 0 aromatic rings. The fourth-order valence-corrected chi connectivity index (χ4v) is 0.443. The monoisotopic (exact) mass is 177 g/mol. The van der Waals surface area contributed by atoms with Crippen molar-refractivity contribution >= 4 is 23.9 Å². The van der Waals surface area contributed by atoms with Gasteiger partial charge in [-0.15, -0.1) is 0 Å². The third kappa shape index (κ3) is 3.15. The Labute approximate surface area is 68.6 Å². The lowest BCUT2D eigenvalue weighted by Crippen LogP contribution is -2.36. The van der Waals surface area contributed by atoms with E-state index in [0.717, 1.165) is 6.08 Å². The molecule has 0 heterocycles. The van der Waals surface area contributed by atoms with Crippen molar-refractivity contribution in [3.8, 4) is 0 Å². The van der Waals surface area contributed by atoms with Crippen LogP contribution in [-0.2, 0) is 9.59 Å². The normalized spacial score (nSPS) is 17.2. The lowest BCUT2D eigenvalue weighted by atomic mass is 10.1. The molecule has 0 fully saturated rings. The van der Waals surface area contributed by atoms with Gasteiger partial charge in [0.25, 0.3) is 0 Å². The number of aliphatic carboxylic acids is 1. The van der Waals surface area contributed by atoms with Gasteiger partial charge in [0.2, 0.25) is 0 Å². The second kappa shape index (κ2) is 3.50. The van der Waals surface area contributed by atoms with Gasteiger partial charge in [0.1, 0.15) is 0 Å². The van der Waals surface area contributed by atoms with Crippen molar-refractivity contribution in [3.05, 3.63) is 11.6 Å². The minimum atomic E-state index is -1.70. The van der Waals surface area contributed by atoms with Gasteiger partial charge < -0.3 is 10.8 Å². The van der Waals surface area contributed by atoms with Crippen molar-refractivity contribution in [1.29, 1.82) is 0 Å². The molecular weight excluding hydrogens is 170 g/mol. The molecule has 5 heteroatoms. The lowest BCUT2D eigenvalue weighted by Gasteiger charge is -2.13. The number of carboxylic acid groups (broad SMARTS) is 1. The lowest BCUT2D eigenvalue weighted by molar-refractivity contribution is -0.131. The zero-order valence-corrected chi connectivity index (χ0v) is 6.63. The largest absolute Gasteiger partial charge is 0.478 e. The molecule has 11 heavy (non-hydrogen) atoms. The second-order valence-corrected chi connectivity index (χ2v) is 2.68. The number of carboxylic acids is 1. The Balaban J connectivity index is 4.59. The molecule has 0 amide bonds. The molecule has 0 bridgehead atoms. The maximum absolute atomic E-state index is 10.2. The fraction of sp³-hybridized carbons (Fsp3) is 0.333. The summed E-state index contributed by atoms with van der Waals surface area (Å²) in [6, 6.07) is 0. The molecular formula is C6H8ClNO3. The van der Waals surface area contributed by atoms with Gasteiger partial charge >= 0.3 is 5.97 Å². The number of halogens is 1. The van der Waals surface area contributed by atoms with Crippen LogP contribution in [0.4, 0.5) is 0 Å². The van der Waals surface area contributed by atoms with Crippen LogP contribution < -0.4 is 5.73 Å². The van der Waals surface area contributed by atoms with E-state index >= 15 is 0 Å². The number of hydrogen-bond donors (Lipinski definition) is 2. The predicted octanol–water partition coefficient (Wildman–Crippen LogP) is 0.110. The number of carbonyl (C=O) groups excluding carboxylic acids is 1. The molecule has 0 spiro atoms. The number of aldehydes is 1. The highest BCUT2D eigenvalue weighted by Gasteiger charge is 2.23. The van der Waals surface area contributed by atoms with Crippen molar-refractivity contribution in [3.63, 3.8) is 0 Å². The SMILES string of the molecule is CC(=CC(=O)O)C(N)(Cl)C=O. The van der Waals surface area contributed by atoms with Crippen molar-refractivity contribution in [1.82, 2.24) is 0 Å². The number of nitrogens with two attached hydrogens (primary N) is 1. The molecule has 1 unspecified atom stereocenters. The molecule has 4 nitrogen and oxygen atoms in total. The van der Waals surface area contributed by atoms with Gasteiger partial charge in [0.05, 0.1) is 0 Å². The highest BCUT2D eigenvalue weighted by Crippen LogP contribution is 2.14. The van der Waals surface area contributed by atoms with Crippen LogP contribution in [0.25, 0.3) is 0 Å². The molecule has 0 aliphatic heterocycles. The molecule has 0 rings (SSSR count). The molecule has 62 valence electrons.